The van der Waals surface area contributed by atoms with Crippen LogP contribution in [0.1, 0.15) is 28.3 Å². The fourth-order valence-electron chi connectivity index (χ4n) is 6.12. The Morgan fingerprint density at radius 3 is 2.02 bits per heavy atom. The van der Waals surface area contributed by atoms with Crippen LogP contribution in [0.2, 0.25) is 0 Å². The molecule has 8 nitrogen and oxygen atoms in total. The number of carbonyl (C=O) groups excluding carboxylic acids is 1. The first-order valence-electron chi connectivity index (χ1n) is 15.8. The Balaban J connectivity index is 1.37. The molecule has 1 aliphatic rings. The van der Waals surface area contributed by atoms with Crippen molar-refractivity contribution in [2.75, 3.05) is 40.4 Å². The summed E-state index contributed by atoms with van der Waals surface area (Å²) in [6.45, 7) is 2.39. The first-order valence-corrected chi connectivity index (χ1v) is 16.6. The number of carbonyl (C=O) groups is 1. The van der Waals surface area contributed by atoms with Gasteiger partial charge in [-0.25, -0.2) is 0 Å². The minimum Gasteiger partial charge on any atom is -0.497 e. The van der Waals surface area contributed by atoms with E-state index in [1.165, 1.54) is 15.7 Å². The van der Waals surface area contributed by atoms with Gasteiger partial charge in [-0.2, -0.15) is 5.26 Å². The van der Waals surface area contributed by atoms with Crippen molar-refractivity contribution >= 4 is 28.9 Å². The van der Waals surface area contributed by atoms with E-state index in [1.54, 1.807) is 43.4 Å². The molecule has 0 atom stereocenters. The normalized spacial score (nSPS) is 14.5. The van der Waals surface area contributed by atoms with Crippen LogP contribution < -0.4 is 24.2 Å². The molecule has 1 fully saturated rings. The summed E-state index contributed by atoms with van der Waals surface area (Å²) >= 11 is 1.14. The maximum absolute atomic E-state index is 14.1. The van der Waals surface area contributed by atoms with Gasteiger partial charge in [-0.3, -0.25) is 19.1 Å². The number of nitriles is 1. The van der Waals surface area contributed by atoms with Crippen LogP contribution in [0.3, 0.4) is 0 Å². The summed E-state index contributed by atoms with van der Waals surface area (Å²) in [5, 5.41) is 10.4. The van der Waals surface area contributed by atoms with Crippen molar-refractivity contribution in [3.8, 4) is 17.6 Å². The Labute approximate surface area is 283 Å². The lowest BCUT2D eigenvalue weighted by atomic mass is 9.96. The number of hydrogen-bond acceptors (Lipinski definition) is 7. The predicted molar refractivity (Wildman–Crippen MR) is 188 cm³/mol. The zero-order valence-corrected chi connectivity index (χ0v) is 27.7. The summed E-state index contributed by atoms with van der Waals surface area (Å²) in [5.74, 6) is 0.813. The van der Waals surface area contributed by atoms with Crippen LogP contribution in [0, 0.1) is 11.3 Å². The van der Waals surface area contributed by atoms with E-state index in [2.05, 4.69) is 35.2 Å². The summed E-state index contributed by atoms with van der Waals surface area (Å²) in [7, 11) is 3.14. The number of amides is 1. The number of aromatic nitrogens is 1. The third-order valence-electron chi connectivity index (χ3n) is 8.55. The molecule has 2 heterocycles. The van der Waals surface area contributed by atoms with Crippen LogP contribution in [0.4, 0.5) is 0 Å². The maximum atomic E-state index is 14.1. The largest absolute Gasteiger partial charge is 0.497 e. The SMILES string of the molecule is COc1ccc(OC)c(C=c2sc(=C(C#N)C(=O)N3CCN(C(c4ccccc4)c4ccccc4)CC3)n(Cc3ccccc3)c2=O)c1. The molecule has 1 aliphatic heterocycles. The van der Waals surface area contributed by atoms with Crippen molar-refractivity contribution in [3.05, 3.63) is 151 Å². The lowest BCUT2D eigenvalue weighted by Crippen LogP contribution is -2.50. The van der Waals surface area contributed by atoms with Gasteiger partial charge in [0.25, 0.3) is 11.5 Å². The molecule has 242 valence electrons. The summed E-state index contributed by atoms with van der Waals surface area (Å²) in [6, 6.07) is 37.9. The van der Waals surface area contributed by atoms with Crippen molar-refractivity contribution in [3.63, 3.8) is 0 Å². The smallest absolute Gasteiger partial charge is 0.269 e. The molecule has 0 saturated carbocycles. The van der Waals surface area contributed by atoms with Crippen molar-refractivity contribution in [1.29, 1.82) is 5.26 Å². The van der Waals surface area contributed by atoms with Gasteiger partial charge in [0.15, 0.2) is 5.57 Å². The van der Waals surface area contributed by atoms with Gasteiger partial charge in [0.1, 0.15) is 22.2 Å². The standard InChI is InChI=1S/C39H36N4O4S/c1-46-32-18-19-34(47-2)31(24-32)25-35-38(45)43(27-28-12-6-3-7-13-28)39(48-35)33(26-40)37(44)42-22-20-41(21-23-42)36(29-14-8-4-9-15-29)30-16-10-5-11-17-30/h3-19,24-25,36H,20-23,27H2,1-2H3. The number of rotatable bonds is 9. The molecule has 9 heteroatoms. The number of nitrogens with zero attached hydrogens (tertiary/aromatic N) is 4. The highest BCUT2D eigenvalue weighted by Gasteiger charge is 2.30. The average molecular weight is 657 g/mol. The van der Waals surface area contributed by atoms with Crippen LogP contribution in [0.15, 0.2) is 114 Å². The zero-order valence-electron chi connectivity index (χ0n) is 26.9. The molecule has 0 aliphatic carbocycles. The van der Waals surface area contributed by atoms with E-state index in [-0.39, 0.29) is 29.6 Å². The van der Waals surface area contributed by atoms with E-state index < -0.39 is 0 Å². The summed E-state index contributed by atoms with van der Waals surface area (Å²) in [5.41, 5.74) is 3.58. The van der Waals surface area contributed by atoms with E-state index in [9.17, 15) is 14.9 Å². The zero-order chi connectivity index (χ0) is 33.5. The maximum Gasteiger partial charge on any atom is 0.269 e. The Kier molecular flexibility index (Phi) is 10.1. The van der Waals surface area contributed by atoms with Gasteiger partial charge < -0.3 is 14.4 Å². The number of benzene rings is 4. The van der Waals surface area contributed by atoms with Gasteiger partial charge in [0, 0.05) is 31.7 Å². The first kappa shape index (κ1) is 32.5. The summed E-state index contributed by atoms with van der Waals surface area (Å²) in [4.78, 5) is 32.2. The van der Waals surface area contributed by atoms with Crippen molar-refractivity contribution in [1.82, 2.24) is 14.4 Å². The Morgan fingerprint density at radius 2 is 1.46 bits per heavy atom. The minimum absolute atomic E-state index is 0.0404. The Morgan fingerprint density at radius 1 is 0.854 bits per heavy atom. The molecule has 0 radical (unpaired) electrons. The Hall–Kier alpha value is -5.43. The van der Waals surface area contributed by atoms with Crippen LogP contribution in [0.5, 0.6) is 11.5 Å². The van der Waals surface area contributed by atoms with Crippen molar-refractivity contribution in [2.24, 2.45) is 0 Å². The second kappa shape index (κ2) is 15.0. The molecule has 1 saturated heterocycles. The molecule has 0 N–H and O–H groups in total. The first-order chi connectivity index (χ1) is 23.5. The number of hydrogen-bond donors (Lipinski definition) is 0. The van der Waals surface area contributed by atoms with E-state index in [4.69, 9.17) is 9.47 Å². The lowest BCUT2D eigenvalue weighted by Gasteiger charge is -2.39. The molecular formula is C39H36N4O4S. The van der Waals surface area contributed by atoms with Gasteiger partial charge in [-0.05, 0) is 41.0 Å². The molecule has 0 bridgehead atoms. The summed E-state index contributed by atoms with van der Waals surface area (Å²) < 4.78 is 13.2. The van der Waals surface area contributed by atoms with Gasteiger partial charge >= 0.3 is 0 Å². The van der Waals surface area contributed by atoms with Gasteiger partial charge in [-0.15, -0.1) is 11.3 Å². The highest BCUT2D eigenvalue weighted by molar-refractivity contribution is 7.07. The van der Waals surface area contributed by atoms with Crippen molar-refractivity contribution < 1.29 is 14.3 Å². The second-order valence-electron chi connectivity index (χ2n) is 11.4. The quantitative estimate of drug-likeness (QED) is 0.234. The topological polar surface area (TPSA) is 87.8 Å². The molecule has 1 amide bonds. The van der Waals surface area contributed by atoms with E-state index >= 15 is 0 Å². The number of piperazine rings is 1. The van der Waals surface area contributed by atoms with Crippen LogP contribution in [-0.2, 0) is 11.3 Å². The molecule has 4 aromatic carbocycles. The third kappa shape index (κ3) is 6.95. The van der Waals surface area contributed by atoms with Crippen molar-refractivity contribution in [2.45, 2.75) is 12.6 Å². The van der Waals surface area contributed by atoms with Crippen LogP contribution in [-0.4, -0.2) is 60.7 Å². The number of methoxy groups -OCH3 is 2. The summed E-state index contributed by atoms with van der Waals surface area (Å²) in [6.07, 6.45) is 1.73. The minimum atomic E-state index is -0.373. The molecule has 1 aromatic heterocycles. The fourth-order valence-corrected chi connectivity index (χ4v) is 7.21. The Bertz CT molecular complexity index is 2060. The van der Waals surface area contributed by atoms with E-state index in [0.717, 1.165) is 16.9 Å². The fraction of sp³-hybridized carbons (Fsp3) is 0.205. The van der Waals surface area contributed by atoms with Crippen LogP contribution >= 0.6 is 11.3 Å². The van der Waals surface area contributed by atoms with E-state index in [0.29, 0.717) is 52.4 Å². The molecule has 0 unspecified atom stereocenters. The van der Waals surface area contributed by atoms with Gasteiger partial charge in [-0.1, -0.05) is 91.0 Å². The second-order valence-corrected chi connectivity index (χ2v) is 12.5. The van der Waals surface area contributed by atoms with Crippen LogP contribution in [0.25, 0.3) is 11.6 Å². The highest BCUT2D eigenvalue weighted by atomic mass is 32.1. The van der Waals surface area contributed by atoms with E-state index in [1.807, 2.05) is 66.7 Å². The van der Waals surface area contributed by atoms with Gasteiger partial charge in [0.05, 0.1) is 31.3 Å². The predicted octanol–water partition coefficient (Wildman–Crippen LogP) is 4.41. The average Bonchev–Trinajstić information content (AvgIpc) is 3.43. The third-order valence-corrected chi connectivity index (χ3v) is 9.68. The molecule has 48 heavy (non-hydrogen) atoms. The molecule has 6 rings (SSSR count). The number of ether oxygens (including phenoxy) is 2. The highest BCUT2D eigenvalue weighted by Crippen LogP contribution is 2.30. The molecular weight excluding hydrogens is 621 g/mol. The monoisotopic (exact) mass is 656 g/mol. The van der Waals surface area contributed by atoms with Gasteiger partial charge in [0.2, 0.25) is 0 Å². The molecule has 5 aromatic rings. The molecule has 0 spiro atoms. The number of thiazole rings is 1. The lowest BCUT2D eigenvalue weighted by molar-refractivity contribution is -0.126.